The van der Waals surface area contributed by atoms with E-state index in [0.717, 1.165) is 34.6 Å². The molecule has 4 rings (SSSR count). The molecular weight excluding hydrogens is 488 g/mol. The molecular formula is C29H34N2O5S. The van der Waals surface area contributed by atoms with Gasteiger partial charge >= 0.3 is 0 Å². The number of methoxy groups -OCH3 is 3. The molecule has 37 heavy (non-hydrogen) atoms. The fourth-order valence-electron chi connectivity index (χ4n) is 4.26. The van der Waals surface area contributed by atoms with Crippen LogP contribution in [0.5, 0.6) is 17.2 Å². The Morgan fingerprint density at radius 1 is 0.892 bits per heavy atom. The van der Waals surface area contributed by atoms with Crippen molar-refractivity contribution in [2.75, 3.05) is 34.4 Å². The Labute approximate surface area is 222 Å². The molecule has 1 fully saturated rings. The van der Waals surface area contributed by atoms with Gasteiger partial charge in [-0.3, -0.25) is 9.59 Å². The van der Waals surface area contributed by atoms with Gasteiger partial charge in [0.05, 0.1) is 34.3 Å². The zero-order valence-electron chi connectivity index (χ0n) is 21.6. The Bertz CT molecular complexity index is 1180. The van der Waals surface area contributed by atoms with Gasteiger partial charge in [0.25, 0.3) is 0 Å². The van der Waals surface area contributed by atoms with Crippen molar-refractivity contribution in [3.8, 4) is 17.2 Å². The molecule has 0 unspecified atom stereocenters. The third kappa shape index (κ3) is 7.26. The van der Waals surface area contributed by atoms with Gasteiger partial charge in [-0.2, -0.15) is 0 Å². The standard InChI is InChI=1S/C29H34N2O5S/c1-34-24-11-6-21(7-12-24)18-28(32)31(23-9-10-23)20-29(33)30(19-25-5-4-16-37-25)15-14-22-8-13-26(35-2)27(17-22)36-3/h4-8,11-13,16-17,23H,9-10,14-15,18-20H2,1-3H3. The molecule has 0 saturated heterocycles. The molecule has 2 aromatic carbocycles. The minimum atomic E-state index is -0.0381. The van der Waals surface area contributed by atoms with Gasteiger partial charge in [-0.25, -0.2) is 0 Å². The Balaban J connectivity index is 1.44. The fourth-order valence-corrected chi connectivity index (χ4v) is 4.97. The largest absolute Gasteiger partial charge is 0.497 e. The molecule has 0 radical (unpaired) electrons. The molecule has 2 amide bonds. The van der Waals surface area contributed by atoms with Crippen molar-refractivity contribution < 1.29 is 23.8 Å². The van der Waals surface area contributed by atoms with Crippen molar-refractivity contribution in [1.29, 1.82) is 0 Å². The minimum Gasteiger partial charge on any atom is -0.497 e. The number of ether oxygens (including phenoxy) is 3. The minimum absolute atomic E-state index is 0.0167. The third-order valence-corrected chi connectivity index (χ3v) is 7.39. The highest BCUT2D eigenvalue weighted by atomic mass is 32.1. The molecule has 7 nitrogen and oxygen atoms in total. The van der Waals surface area contributed by atoms with E-state index in [1.54, 1.807) is 37.6 Å². The molecule has 0 aliphatic heterocycles. The summed E-state index contributed by atoms with van der Waals surface area (Å²) in [5, 5.41) is 2.02. The predicted molar refractivity (Wildman–Crippen MR) is 144 cm³/mol. The van der Waals surface area contributed by atoms with E-state index in [9.17, 15) is 9.59 Å². The predicted octanol–water partition coefficient (Wildman–Crippen LogP) is 4.58. The van der Waals surface area contributed by atoms with Gasteiger partial charge in [0, 0.05) is 17.5 Å². The Hall–Kier alpha value is -3.52. The van der Waals surface area contributed by atoms with Crippen LogP contribution in [0.1, 0.15) is 28.8 Å². The van der Waals surface area contributed by atoms with Crippen LogP contribution >= 0.6 is 11.3 Å². The van der Waals surface area contributed by atoms with Crippen LogP contribution in [-0.2, 0) is 29.0 Å². The van der Waals surface area contributed by atoms with Gasteiger partial charge in [0.2, 0.25) is 11.8 Å². The summed E-state index contributed by atoms with van der Waals surface area (Å²) in [7, 11) is 4.85. The highest BCUT2D eigenvalue weighted by molar-refractivity contribution is 7.09. The smallest absolute Gasteiger partial charge is 0.242 e. The Kier molecular flexibility index (Phi) is 9.06. The maximum Gasteiger partial charge on any atom is 0.242 e. The number of carbonyl (C=O) groups excluding carboxylic acids is 2. The van der Waals surface area contributed by atoms with Gasteiger partial charge in [0.15, 0.2) is 11.5 Å². The number of thiophene rings is 1. The lowest BCUT2D eigenvalue weighted by Gasteiger charge is -2.28. The van der Waals surface area contributed by atoms with Gasteiger partial charge < -0.3 is 24.0 Å². The summed E-state index contributed by atoms with van der Waals surface area (Å²) in [6.45, 7) is 1.16. The second-order valence-electron chi connectivity index (χ2n) is 9.11. The molecule has 8 heteroatoms. The maximum absolute atomic E-state index is 13.6. The van der Waals surface area contributed by atoms with Gasteiger partial charge in [-0.1, -0.05) is 24.3 Å². The number of nitrogens with zero attached hydrogens (tertiary/aromatic N) is 2. The monoisotopic (exact) mass is 522 g/mol. The van der Waals surface area contributed by atoms with E-state index in [0.29, 0.717) is 31.0 Å². The van der Waals surface area contributed by atoms with E-state index < -0.39 is 0 Å². The van der Waals surface area contributed by atoms with Crippen LogP contribution in [0, 0.1) is 0 Å². The zero-order valence-corrected chi connectivity index (χ0v) is 22.5. The van der Waals surface area contributed by atoms with Crippen LogP contribution < -0.4 is 14.2 Å². The van der Waals surface area contributed by atoms with Crippen molar-refractivity contribution in [3.63, 3.8) is 0 Å². The highest BCUT2D eigenvalue weighted by Crippen LogP contribution is 2.29. The van der Waals surface area contributed by atoms with E-state index in [1.807, 2.05) is 64.9 Å². The van der Waals surface area contributed by atoms with Crippen LogP contribution in [0.3, 0.4) is 0 Å². The van der Waals surface area contributed by atoms with Crippen molar-refractivity contribution in [2.24, 2.45) is 0 Å². The average Bonchev–Trinajstić information content (AvgIpc) is 3.64. The summed E-state index contributed by atoms with van der Waals surface area (Å²) >= 11 is 1.63. The Morgan fingerprint density at radius 2 is 1.62 bits per heavy atom. The lowest BCUT2D eigenvalue weighted by molar-refractivity contribution is -0.141. The first kappa shape index (κ1) is 26.5. The van der Waals surface area contributed by atoms with E-state index in [-0.39, 0.29) is 30.8 Å². The number of rotatable bonds is 13. The van der Waals surface area contributed by atoms with E-state index in [2.05, 4.69) is 0 Å². The fraction of sp³-hybridized carbons (Fsp3) is 0.379. The number of amides is 2. The second kappa shape index (κ2) is 12.6. The van der Waals surface area contributed by atoms with Gasteiger partial charge in [-0.15, -0.1) is 11.3 Å². The Morgan fingerprint density at radius 3 is 2.24 bits per heavy atom. The van der Waals surface area contributed by atoms with Crippen LogP contribution in [0.2, 0.25) is 0 Å². The first-order chi connectivity index (χ1) is 18.0. The molecule has 0 bridgehead atoms. The summed E-state index contributed by atoms with van der Waals surface area (Å²) in [5.74, 6) is 2.04. The average molecular weight is 523 g/mol. The van der Waals surface area contributed by atoms with E-state index in [1.165, 1.54) is 0 Å². The van der Waals surface area contributed by atoms with Crippen LogP contribution in [0.25, 0.3) is 0 Å². The molecule has 1 aromatic heterocycles. The lowest BCUT2D eigenvalue weighted by Crippen LogP contribution is -2.44. The van der Waals surface area contributed by atoms with Crippen LogP contribution in [0.4, 0.5) is 0 Å². The second-order valence-corrected chi connectivity index (χ2v) is 10.1. The third-order valence-electron chi connectivity index (χ3n) is 6.53. The number of hydrogen-bond donors (Lipinski definition) is 0. The molecule has 1 heterocycles. The zero-order chi connectivity index (χ0) is 26.2. The number of hydrogen-bond acceptors (Lipinski definition) is 6. The van der Waals surface area contributed by atoms with Crippen molar-refractivity contribution in [1.82, 2.24) is 9.80 Å². The van der Waals surface area contributed by atoms with Crippen LogP contribution in [-0.4, -0.2) is 62.1 Å². The molecule has 1 aliphatic rings. The SMILES string of the molecule is COc1ccc(CC(=O)N(CC(=O)N(CCc2ccc(OC)c(OC)c2)Cc2cccs2)C2CC2)cc1. The first-order valence-corrected chi connectivity index (χ1v) is 13.3. The molecule has 0 spiro atoms. The summed E-state index contributed by atoms with van der Waals surface area (Å²) < 4.78 is 16.0. The van der Waals surface area contributed by atoms with Crippen molar-refractivity contribution >= 4 is 23.2 Å². The summed E-state index contributed by atoms with van der Waals surface area (Å²) in [5.41, 5.74) is 1.96. The summed E-state index contributed by atoms with van der Waals surface area (Å²) in [6, 6.07) is 17.5. The number of benzene rings is 2. The van der Waals surface area contributed by atoms with Crippen LogP contribution in [0.15, 0.2) is 60.0 Å². The molecule has 0 N–H and O–H groups in total. The van der Waals surface area contributed by atoms with Crippen molar-refractivity contribution in [3.05, 3.63) is 76.0 Å². The molecule has 0 atom stereocenters. The molecule has 1 aliphatic carbocycles. The summed E-state index contributed by atoms with van der Waals surface area (Å²) in [4.78, 5) is 31.5. The van der Waals surface area contributed by atoms with E-state index >= 15 is 0 Å². The van der Waals surface area contributed by atoms with E-state index in [4.69, 9.17) is 14.2 Å². The summed E-state index contributed by atoms with van der Waals surface area (Å²) in [6.07, 6.45) is 2.82. The highest BCUT2D eigenvalue weighted by Gasteiger charge is 2.34. The van der Waals surface area contributed by atoms with Gasteiger partial charge in [-0.05, 0) is 66.1 Å². The number of carbonyl (C=O) groups is 2. The van der Waals surface area contributed by atoms with Crippen molar-refractivity contribution in [2.45, 2.75) is 38.3 Å². The molecule has 196 valence electrons. The molecule has 1 saturated carbocycles. The van der Waals surface area contributed by atoms with Gasteiger partial charge in [0.1, 0.15) is 12.3 Å². The quantitative estimate of drug-likeness (QED) is 0.329. The maximum atomic E-state index is 13.6. The first-order valence-electron chi connectivity index (χ1n) is 12.4. The molecule has 3 aromatic rings. The normalized spacial score (nSPS) is 12.6. The lowest BCUT2D eigenvalue weighted by atomic mass is 10.1. The topological polar surface area (TPSA) is 68.3 Å².